The number of benzene rings is 2. The molecule has 2 aromatic rings. The molecular weight excluding hydrogens is 466 g/mol. The van der Waals surface area contributed by atoms with Crippen molar-refractivity contribution in [2.45, 2.75) is 37.1 Å². The van der Waals surface area contributed by atoms with Crippen molar-refractivity contribution in [3.63, 3.8) is 0 Å². The molecule has 0 aliphatic rings. The van der Waals surface area contributed by atoms with Crippen molar-refractivity contribution < 1.29 is 40.2 Å². The summed E-state index contributed by atoms with van der Waals surface area (Å²) in [6, 6.07) is 6.48. The van der Waals surface area contributed by atoms with Gasteiger partial charge in [0, 0.05) is 23.3 Å². The summed E-state index contributed by atoms with van der Waals surface area (Å²) in [5.41, 5.74) is -6.17. The number of sulfone groups is 1. The number of unbranched alkanes of at least 4 members (excludes halogenated alkanes) is 1. The first-order chi connectivity index (χ1) is 15.4. The first-order valence-electron chi connectivity index (χ1n) is 9.59. The number of hydrogen-bond acceptors (Lipinski definition) is 6. The summed E-state index contributed by atoms with van der Waals surface area (Å²) < 4.78 is 87.9. The van der Waals surface area contributed by atoms with Crippen LogP contribution in [-0.2, 0) is 19.4 Å². The van der Waals surface area contributed by atoms with Gasteiger partial charge in [-0.3, -0.25) is 0 Å². The third-order valence-corrected chi connectivity index (χ3v) is 5.92. The van der Waals surface area contributed by atoms with Gasteiger partial charge in [-0.05, 0) is 43.7 Å². The van der Waals surface area contributed by atoms with Crippen LogP contribution < -0.4 is 4.74 Å². The molecule has 0 unspecified atom stereocenters. The molecule has 0 spiro atoms. The highest BCUT2D eigenvalue weighted by Gasteiger charge is 2.48. The molecular formula is C22H19F4NO5S. The average molecular weight is 485 g/mol. The molecule has 0 atom stereocenters. The van der Waals surface area contributed by atoms with Crippen molar-refractivity contribution in [3.8, 4) is 17.6 Å². The highest BCUT2D eigenvalue weighted by atomic mass is 32.2. The van der Waals surface area contributed by atoms with Crippen molar-refractivity contribution in [3.05, 3.63) is 58.9 Å². The lowest BCUT2D eigenvalue weighted by atomic mass is 10.1. The van der Waals surface area contributed by atoms with E-state index in [0.29, 0.717) is 12.5 Å². The number of alkyl halides is 3. The van der Waals surface area contributed by atoms with E-state index in [2.05, 4.69) is 0 Å². The van der Waals surface area contributed by atoms with Gasteiger partial charge in [-0.2, -0.15) is 18.4 Å². The minimum absolute atomic E-state index is 0.0612. The zero-order chi connectivity index (χ0) is 24.8. The van der Waals surface area contributed by atoms with E-state index in [0.717, 1.165) is 36.8 Å². The van der Waals surface area contributed by atoms with Gasteiger partial charge in [-0.25, -0.2) is 17.6 Å². The number of hydrogen-bond donors (Lipinski definition) is 0. The van der Waals surface area contributed by atoms with Crippen molar-refractivity contribution >= 4 is 21.9 Å². The molecule has 0 amide bonds. The Morgan fingerprint density at radius 1 is 1.21 bits per heavy atom. The van der Waals surface area contributed by atoms with Gasteiger partial charge in [-0.1, -0.05) is 13.3 Å². The zero-order valence-electron chi connectivity index (χ0n) is 17.6. The summed E-state index contributed by atoms with van der Waals surface area (Å²) in [5.74, 6) is -1.89. The molecule has 0 fully saturated rings. The Hall–Kier alpha value is -3.39. The van der Waals surface area contributed by atoms with Crippen molar-refractivity contribution in [1.29, 1.82) is 5.26 Å². The number of carbonyl (C=O) groups excluding carboxylic acids is 1. The second-order valence-electron chi connectivity index (χ2n) is 6.79. The first-order valence-corrected chi connectivity index (χ1v) is 11.1. The number of nitriles is 1. The van der Waals surface area contributed by atoms with Crippen LogP contribution in [0.4, 0.5) is 17.6 Å². The van der Waals surface area contributed by atoms with Gasteiger partial charge in [0.05, 0.1) is 23.1 Å². The maximum Gasteiger partial charge on any atom is 0.501 e. The lowest BCUT2D eigenvalue weighted by Crippen LogP contribution is -2.24. The van der Waals surface area contributed by atoms with Crippen LogP contribution in [0.25, 0.3) is 6.08 Å². The summed E-state index contributed by atoms with van der Waals surface area (Å²) in [4.78, 5) is 10.8. The van der Waals surface area contributed by atoms with E-state index in [4.69, 9.17) is 14.7 Å². The molecule has 0 N–H and O–H groups in total. The summed E-state index contributed by atoms with van der Waals surface area (Å²) >= 11 is 0. The molecule has 6 nitrogen and oxygen atoms in total. The maximum absolute atomic E-state index is 13.7. The van der Waals surface area contributed by atoms with Crippen LogP contribution in [-0.4, -0.2) is 26.5 Å². The third kappa shape index (κ3) is 6.32. The highest BCUT2D eigenvalue weighted by molar-refractivity contribution is 7.92. The van der Waals surface area contributed by atoms with Gasteiger partial charge in [-0.15, -0.1) is 0 Å². The Balaban J connectivity index is 2.56. The van der Waals surface area contributed by atoms with Gasteiger partial charge in [0.25, 0.3) is 9.84 Å². The Morgan fingerprint density at radius 3 is 2.52 bits per heavy atom. The minimum atomic E-state index is -5.77. The molecule has 33 heavy (non-hydrogen) atoms. The molecule has 2 rings (SSSR count). The van der Waals surface area contributed by atoms with E-state index in [1.54, 1.807) is 6.07 Å². The van der Waals surface area contributed by atoms with Crippen LogP contribution in [0.1, 0.15) is 36.5 Å². The van der Waals surface area contributed by atoms with Crippen LogP contribution in [0, 0.1) is 24.1 Å². The van der Waals surface area contributed by atoms with E-state index in [-0.39, 0.29) is 29.2 Å². The Labute approximate surface area is 188 Å². The van der Waals surface area contributed by atoms with E-state index in [1.807, 2.05) is 6.92 Å². The predicted molar refractivity (Wildman–Crippen MR) is 111 cm³/mol. The second-order valence-corrected chi connectivity index (χ2v) is 8.70. The fourth-order valence-corrected chi connectivity index (χ4v) is 3.70. The molecule has 0 saturated carbocycles. The minimum Gasteiger partial charge on any atom is -0.463 e. The van der Waals surface area contributed by atoms with Crippen LogP contribution in [0.2, 0.25) is 0 Å². The Kier molecular flexibility index (Phi) is 8.22. The molecule has 0 saturated heterocycles. The summed E-state index contributed by atoms with van der Waals surface area (Å²) in [6.07, 6.45) is 3.03. The van der Waals surface area contributed by atoms with Crippen LogP contribution in [0.15, 0.2) is 41.3 Å². The van der Waals surface area contributed by atoms with Crippen molar-refractivity contribution in [2.24, 2.45) is 0 Å². The molecule has 0 aliphatic carbocycles. The van der Waals surface area contributed by atoms with E-state index < -0.39 is 37.6 Å². The molecule has 176 valence electrons. The van der Waals surface area contributed by atoms with Gasteiger partial charge in [0.2, 0.25) is 0 Å². The number of esters is 1. The first kappa shape index (κ1) is 25.9. The SMILES string of the molecule is CCCCOC(=O)/C=C/c1c(S(=O)(=O)C(F)(F)F)ccc(Oc2cc(F)cc(C#N)c2)c1C. The van der Waals surface area contributed by atoms with E-state index in [1.165, 1.54) is 13.0 Å². The maximum atomic E-state index is 13.7. The molecule has 2 aromatic carbocycles. The summed E-state index contributed by atoms with van der Waals surface area (Å²) in [6.45, 7) is 3.23. The monoisotopic (exact) mass is 485 g/mol. The molecule has 11 heteroatoms. The molecule has 0 aliphatic heterocycles. The second kappa shape index (κ2) is 10.5. The largest absolute Gasteiger partial charge is 0.501 e. The van der Waals surface area contributed by atoms with E-state index in [9.17, 15) is 30.8 Å². The summed E-state index contributed by atoms with van der Waals surface area (Å²) in [7, 11) is -5.77. The zero-order valence-corrected chi connectivity index (χ0v) is 18.4. The van der Waals surface area contributed by atoms with Gasteiger partial charge in [0.15, 0.2) is 0 Å². The Morgan fingerprint density at radius 2 is 1.91 bits per heavy atom. The third-order valence-electron chi connectivity index (χ3n) is 4.38. The fourth-order valence-electron chi connectivity index (χ4n) is 2.69. The van der Waals surface area contributed by atoms with Crippen molar-refractivity contribution in [2.75, 3.05) is 6.61 Å². The number of ether oxygens (including phenoxy) is 2. The number of rotatable bonds is 8. The number of carbonyl (C=O) groups is 1. The van der Waals surface area contributed by atoms with Gasteiger partial charge in [0.1, 0.15) is 17.3 Å². The van der Waals surface area contributed by atoms with Gasteiger partial charge >= 0.3 is 11.5 Å². The number of nitrogens with zero attached hydrogens (tertiary/aromatic N) is 1. The fraction of sp³-hybridized carbons (Fsp3) is 0.273. The van der Waals surface area contributed by atoms with Crippen LogP contribution in [0.3, 0.4) is 0 Å². The lowest BCUT2D eigenvalue weighted by molar-refractivity contribution is -0.137. The topological polar surface area (TPSA) is 93.5 Å². The standard InChI is InChI=1S/C22H19F4NO5S/c1-3-4-9-31-21(28)8-5-18-14(2)19(6-7-20(18)33(29,30)22(24,25)26)32-17-11-15(13-27)10-16(23)12-17/h5-8,10-12H,3-4,9H2,1-2H3/b8-5+. The Bertz CT molecular complexity index is 1210. The molecule has 0 heterocycles. The predicted octanol–water partition coefficient (Wildman–Crippen LogP) is 5.45. The average Bonchev–Trinajstić information content (AvgIpc) is 2.73. The van der Waals surface area contributed by atoms with Crippen LogP contribution >= 0.6 is 0 Å². The van der Waals surface area contributed by atoms with Crippen LogP contribution in [0.5, 0.6) is 11.5 Å². The van der Waals surface area contributed by atoms with E-state index >= 15 is 0 Å². The lowest BCUT2D eigenvalue weighted by Gasteiger charge is -2.16. The van der Waals surface area contributed by atoms with Crippen molar-refractivity contribution in [1.82, 2.24) is 0 Å². The molecule has 0 radical (unpaired) electrons. The quantitative estimate of drug-likeness (QED) is 0.214. The smallest absolute Gasteiger partial charge is 0.463 e. The molecule has 0 aromatic heterocycles. The van der Waals surface area contributed by atoms with Gasteiger partial charge < -0.3 is 9.47 Å². The molecule has 0 bridgehead atoms. The summed E-state index contributed by atoms with van der Waals surface area (Å²) in [5, 5.41) is 8.95. The normalized spacial score (nSPS) is 11.9. The highest BCUT2D eigenvalue weighted by Crippen LogP contribution is 2.38. The number of halogens is 4.